The molecule has 1 aliphatic rings. The summed E-state index contributed by atoms with van der Waals surface area (Å²) in [6.45, 7) is 3.23. The summed E-state index contributed by atoms with van der Waals surface area (Å²) in [6.07, 6.45) is 0.935. The molecule has 1 heterocycles. The maximum absolute atomic E-state index is 11.8. The molecule has 2 rings (SSSR count). The molecule has 5 heteroatoms. The Hall–Kier alpha value is -1.75. The number of phenolic OH excluding ortho intramolecular Hbond substituents is 1. The van der Waals surface area contributed by atoms with Gasteiger partial charge in [0.05, 0.1) is 14.2 Å². The third-order valence-electron chi connectivity index (χ3n) is 3.86. The average Bonchev–Trinajstić information content (AvgIpc) is 2.82. The Labute approximate surface area is 119 Å². The van der Waals surface area contributed by atoms with Gasteiger partial charge in [-0.1, -0.05) is 0 Å². The number of likely N-dealkylation sites (N-methyl/N-ethyl adjacent to an activating group) is 1. The summed E-state index contributed by atoms with van der Waals surface area (Å²) in [5, 5.41) is 10.5. The predicted octanol–water partition coefficient (Wildman–Crippen LogP) is 2.03. The molecule has 0 aromatic heterocycles. The fraction of sp³-hybridized carbons (Fsp3) is 0.533. The molecule has 20 heavy (non-hydrogen) atoms. The van der Waals surface area contributed by atoms with Crippen LogP contribution in [0.25, 0.3) is 0 Å². The maximum atomic E-state index is 11.8. The smallest absolute Gasteiger partial charge is 0.167 e. The van der Waals surface area contributed by atoms with Gasteiger partial charge >= 0.3 is 0 Å². The number of likely N-dealkylation sites (tertiary alicyclic amines) is 1. The Morgan fingerprint density at radius 3 is 2.45 bits per heavy atom. The number of hydrogen-bond donors (Lipinski definition) is 1. The van der Waals surface area contributed by atoms with E-state index < -0.39 is 0 Å². The summed E-state index contributed by atoms with van der Waals surface area (Å²) in [5.41, 5.74) is 0.945. The Morgan fingerprint density at radius 1 is 1.35 bits per heavy atom. The molecule has 0 bridgehead atoms. The van der Waals surface area contributed by atoms with Gasteiger partial charge < -0.3 is 19.5 Å². The second kappa shape index (κ2) is 5.71. The maximum Gasteiger partial charge on any atom is 0.167 e. The van der Waals surface area contributed by atoms with Crippen LogP contribution in [0.1, 0.15) is 35.2 Å². The number of phenols is 1. The van der Waals surface area contributed by atoms with Gasteiger partial charge in [-0.25, -0.2) is 0 Å². The molecule has 1 atom stereocenters. The fourth-order valence-electron chi connectivity index (χ4n) is 2.87. The second-order valence-electron chi connectivity index (χ2n) is 5.22. The number of benzene rings is 1. The summed E-state index contributed by atoms with van der Waals surface area (Å²) < 4.78 is 10.6. The first-order valence-corrected chi connectivity index (χ1v) is 6.66. The molecule has 1 aromatic carbocycles. The number of hydrogen-bond acceptors (Lipinski definition) is 5. The first-order chi connectivity index (χ1) is 9.49. The Bertz CT molecular complexity index is 527. The third-order valence-corrected chi connectivity index (χ3v) is 3.86. The number of nitrogens with zero attached hydrogens (tertiary/aromatic N) is 1. The number of rotatable bonds is 4. The standard InChI is InChI=1S/C15H21NO4/c1-9(17)13-11(19-3)7-12(20-4)14(15(13)18)10-5-6-16(2)8-10/h7,10,18H,5-6,8H2,1-4H3/t10-/m1/s1. The molecular weight excluding hydrogens is 258 g/mol. The van der Waals surface area contributed by atoms with Crippen LogP contribution in [0.4, 0.5) is 0 Å². The number of ether oxygens (including phenoxy) is 2. The van der Waals surface area contributed by atoms with Crippen molar-refractivity contribution in [3.8, 4) is 17.2 Å². The van der Waals surface area contributed by atoms with Crippen LogP contribution in [-0.4, -0.2) is 50.1 Å². The summed E-state index contributed by atoms with van der Waals surface area (Å²) in [7, 11) is 5.08. The molecule has 1 aromatic rings. The van der Waals surface area contributed by atoms with Gasteiger partial charge in [0.25, 0.3) is 0 Å². The first-order valence-electron chi connectivity index (χ1n) is 6.66. The molecule has 5 nitrogen and oxygen atoms in total. The highest BCUT2D eigenvalue weighted by Crippen LogP contribution is 2.45. The molecule has 0 radical (unpaired) electrons. The average molecular weight is 279 g/mol. The van der Waals surface area contributed by atoms with Crippen molar-refractivity contribution in [3.05, 3.63) is 17.2 Å². The number of aromatic hydroxyl groups is 1. The van der Waals surface area contributed by atoms with Gasteiger partial charge in [0.15, 0.2) is 5.78 Å². The second-order valence-corrected chi connectivity index (χ2v) is 5.22. The molecule has 1 fully saturated rings. The monoisotopic (exact) mass is 279 g/mol. The van der Waals surface area contributed by atoms with Crippen molar-refractivity contribution in [1.29, 1.82) is 0 Å². The third kappa shape index (κ3) is 2.45. The highest BCUT2D eigenvalue weighted by atomic mass is 16.5. The highest BCUT2D eigenvalue weighted by Gasteiger charge is 2.30. The zero-order chi connectivity index (χ0) is 14.9. The van der Waals surface area contributed by atoms with E-state index in [9.17, 15) is 9.90 Å². The van der Waals surface area contributed by atoms with E-state index in [1.54, 1.807) is 13.2 Å². The van der Waals surface area contributed by atoms with Gasteiger partial charge in [-0.3, -0.25) is 4.79 Å². The predicted molar refractivity (Wildman–Crippen MR) is 76.1 cm³/mol. The van der Waals surface area contributed by atoms with Crippen molar-refractivity contribution in [2.24, 2.45) is 0 Å². The van der Waals surface area contributed by atoms with Crippen molar-refractivity contribution in [2.45, 2.75) is 19.3 Å². The minimum atomic E-state index is -0.213. The van der Waals surface area contributed by atoms with Crippen molar-refractivity contribution in [3.63, 3.8) is 0 Å². The summed E-state index contributed by atoms with van der Waals surface area (Å²) in [6, 6.07) is 1.68. The molecular formula is C15H21NO4. The quantitative estimate of drug-likeness (QED) is 0.855. The Balaban J connectivity index is 2.59. The summed E-state index contributed by atoms with van der Waals surface area (Å²) in [4.78, 5) is 14.0. The largest absolute Gasteiger partial charge is 0.507 e. The lowest BCUT2D eigenvalue weighted by molar-refractivity contribution is 0.101. The van der Waals surface area contributed by atoms with Crippen molar-refractivity contribution in [2.75, 3.05) is 34.4 Å². The number of methoxy groups -OCH3 is 2. The van der Waals surface area contributed by atoms with Crippen LogP contribution in [0.3, 0.4) is 0 Å². The summed E-state index contributed by atoms with van der Waals surface area (Å²) in [5.74, 6) is 0.870. The molecule has 110 valence electrons. The van der Waals surface area contributed by atoms with Gasteiger partial charge in [0.1, 0.15) is 22.8 Å². The SMILES string of the molecule is COc1cc(OC)c([C@@H]2CCN(C)C2)c(O)c1C(C)=O. The van der Waals surface area contributed by atoms with Crippen LogP contribution in [-0.2, 0) is 0 Å². The molecule has 0 saturated carbocycles. The van der Waals surface area contributed by atoms with Gasteiger partial charge in [0.2, 0.25) is 0 Å². The lowest BCUT2D eigenvalue weighted by Gasteiger charge is -2.20. The van der Waals surface area contributed by atoms with Gasteiger partial charge in [-0.2, -0.15) is 0 Å². The molecule has 0 amide bonds. The number of ketones is 1. The number of Topliss-reactive ketones (excluding diaryl/α,β-unsaturated/α-hetero) is 1. The van der Waals surface area contributed by atoms with Crippen LogP contribution in [0.15, 0.2) is 6.07 Å². The van der Waals surface area contributed by atoms with Gasteiger partial charge in [0, 0.05) is 24.1 Å². The topological polar surface area (TPSA) is 59.0 Å². The van der Waals surface area contributed by atoms with Crippen LogP contribution in [0.5, 0.6) is 17.2 Å². The molecule has 1 saturated heterocycles. The van der Waals surface area contributed by atoms with E-state index in [1.807, 2.05) is 7.05 Å². The van der Waals surface area contributed by atoms with Crippen molar-refractivity contribution in [1.82, 2.24) is 4.90 Å². The fourth-order valence-corrected chi connectivity index (χ4v) is 2.87. The van der Waals surface area contributed by atoms with Crippen molar-refractivity contribution >= 4 is 5.78 Å². The lowest BCUT2D eigenvalue weighted by Crippen LogP contribution is -2.14. The normalized spacial score (nSPS) is 19.1. The first kappa shape index (κ1) is 14.7. The Kier molecular flexibility index (Phi) is 4.18. The van der Waals surface area contributed by atoms with Crippen LogP contribution in [0.2, 0.25) is 0 Å². The molecule has 1 aliphatic heterocycles. The Morgan fingerprint density at radius 2 is 2.00 bits per heavy atom. The van der Waals surface area contributed by atoms with E-state index >= 15 is 0 Å². The van der Waals surface area contributed by atoms with E-state index in [0.717, 1.165) is 19.5 Å². The van der Waals surface area contributed by atoms with Crippen LogP contribution >= 0.6 is 0 Å². The van der Waals surface area contributed by atoms with Crippen molar-refractivity contribution < 1.29 is 19.4 Å². The number of carbonyl (C=O) groups is 1. The van der Waals surface area contributed by atoms with E-state index in [-0.39, 0.29) is 23.0 Å². The van der Waals surface area contributed by atoms with E-state index in [4.69, 9.17) is 9.47 Å². The highest BCUT2D eigenvalue weighted by molar-refractivity contribution is 6.00. The zero-order valence-electron chi connectivity index (χ0n) is 12.4. The molecule has 1 N–H and O–H groups in total. The zero-order valence-corrected chi connectivity index (χ0v) is 12.4. The molecule has 0 spiro atoms. The minimum Gasteiger partial charge on any atom is -0.507 e. The van der Waals surface area contributed by atoms with E-state index in [2.05, 4.69) is 4.90 Å². The minimum absolute atomic E-state index is 0.00556. The van der Waals surface area contributed by atoms with E-state index in [0.29, 0.717) is 17.1 Å². The number of carbonyl (C=O) groups excluding carboxylic acids is 1. The van der Waals surface area contributed by atoms with Crippen LogP contribution < -0.4 is 9.47 Å². The van der Waals surface area contributed by atoms with Gasteiger partial charge in [-0.15, -0.1) is 0 Å². The lowest BCUT2D eigenvalue weighted by atomic mass is 9.92. The van der Waals surface area contributed by atoms with Crippen LogP contribution in [0, 0.1) is 0 Å². The van der Waals surface area contributed by atoms with Gasteiger partial charge in [-0.05, 0) is 26.9 Å². The molecule has 0 aliphatic carbocycles. The summed E-state index contributed by atoms with van der Waals surface area (Å²) >= 11 is 0. The molecule has 0 unspecified atom stereocenters. The van der Waals surface area contributed by atoms with E-state index in [1.165, 1.54) is 14.0 Å².